The Kier molecular flexibility index (Phi) is 9.46. The van der Waals surface area contributed by atoms with Gasteiger partial charge in [0, 0.05) is 27.1 Å². The van der Waals surface area contributed by atoms with E-state index in [4.69, 9.17) is 9.47 Å². The second kappa shape index (κ2) is 9.89. The molecule has 0 saturated carbocycles. The maximum atomic E-state index is 10.7. The highest BCUT2D eigenvalue weighted by atomic mass is 16.5. The highest BCUT2D eigenvalue weighted by Gasteiger charge is 2.00. The number of hydrogen-bond acceptors (Lipinski definition) is 4. The Morgan fingerprint density at radius 2 is 1.87 bits per heavy atom. The average Bonchev–Trinajstić information content (AvgIpc) is 2.21. The Hall–Kier alpha value is -0.650. The summed E-state index contributed by atoms with van der Waals surface area (Å²) in [6.07, 6.45) is 0. The molecule has 1 radical (unpaired) electrons. The average molecular weight is 217 g/mol. The Labute approximate surface area is 91.7 Å². The van der Waals surface area contributed by atoms with Gasteiger partial charge in [-0.3, -0.25) is 4.79 Å². The van der Waals surface area contributed by atoms with Gasteiger partial charge in [-0.2, -0.15) is 0 Å². The Morgan fingerprint density at radius 1 is 1.27 bits per heavy atom. The molecule has 0 aliphatic rings. The number of hydrogen-bond donors (Lipinski definition) is 1. The molecule has 5 heteroatoms. The number of carbonyl (C=O) groups is 1. The first-order valence-electron chi connectivity index (χ1n) is 5.05. The number of carbonyl (C=O) groups excluding carboxylic acids is 1. The molecule has 5 nitrogen and oxygen atoms in total. The summed E-state index contributed by atoms with van der Waals surface area (Å²) in [5.41, 5.74) is 0. The maximum absolute atomic E-state index is 10.7. The molecule has 0 rings (SSSR count). The van der Waals surface area contributed by atoms with Crippen LogP contribution in [0.1, 0.15) is 0 Å². The van der Waals surface area contributed by atoms with E-state index in [-0.39, 0.29) is 5.91 Å². The van der Waals surface area contributed by atoms with Crippen LogP contribution in [0.4, 0.5) is 0 Å². The standard InChI is InChI=1S/C10H21N2O3/c1-10(13)12(3)5-7-15-9-8-14-6-4-11-2/h11H,1,4-9H2,2-3H3. The number of nitrogens with one attached hydrogen (secondary N) is 1. The molecular formula is C10H21N2O3. The van der Waals surface area contributed by atoms with E-state index in [2.05, 4.69) is 12.2 Å². The molecule has 0 aliphatic heterocycles. The van der Waals surface area contributed by atoms with Crippen molar-refractivity contribution in [2.24, 2.45) is 0 Å². The van der Waals surface area contributed by atoms with Gasteiger partial charge >= 0.3 is 0 Å². The van der Waals surface area contributed by atoms with E-state index in [0.717, 1.165) is 6.54 Å². The predicted octanol–water partition coefficient (Wildman–Crippen LogP) is -0.469. The molecule has 0 aromatic heterocycles. The Bertz CT molecular complexity index is 165. The molecule has 89 valence electrons. The third-order valence-corrected chi connectivity index (χ3v) is 1.87. The van der Waals surface area contributed by atoms with Gasteiger partial charge < -0.3 is 19.7 Å². The molecule has 0 heterocycles. The second-order valence-electron chi connectivity index (χ2n) is 3.14. The van der Waals surface area contributed by atoms with Gasteiger partial charge in [0.2, 0.25) is 5.91 Å². The first-order valence-corrected chi connectivity index (χ1v) is 5.05. The fraction of sp³-hybridized carbons (Fsp3) is 0.800. The van der Waals surface area contributed by atoms with Crippen molar-refractivity contribution in [3.8, 4) is 0 Å². The molecule has 0 atom stereocenters. The van der Waals surface area contributed by atoms with Crippen LogP contribution in [0.3, 0.4) is 0 Å². The van der Waals surface area contributed by atoms with E-state index < -0.39 is 0 Å². The van der Waals surface area contributed by atoms with Gasteiger partial charge in [-0.1, -0.05) is 0 Å². The maximum Gasteiger partial charge on any atom is 0.222 e. The third-order valence-electron chi connectivity index (χ3n) is 1.87. The summed E-state index contributed by atoms with van der Waals surface area (Å²) in [6, 6.07) is 0. The minimum absolute atomic E-state index is 0.191. The lowest BCUT2D eigenvalue weighted by molar-refractivity contribution is -0.125. The van der Waals surface area contributed by atoms with Crippen molar-refractivity contribution >= 4 is 5.91 Å². The van der Waals surface area contributed by atoms with Crippen molar-refractivity contribution in [1.82, 2.24) is 10.2 Å². The number of amides is 1. The number of ether oxygens (including phenoxy) is 2. The molecule has 0 saturated heterocycles. The van der Waals surface area contributed by atoms with Crippen molar-refractivity contribution in [3.05, 3.63) is 6.92 Å². The van der Waals surface area contributed by atoms with Gasteiger partial charge in [0.05, 0.1) is 26.4 Å². The number of likely N-dealkylation sites (N-methyl/N-ethyl adjacent to an activating group) is 2. The van der Waals surface area contributed by atoms with Crippen LogP contribution >= 0.6 is 0 Å². The van der Waals surface area contributed by atoms with Crippen molar-refractivity contribution in [1.29, 1.82) is 0 Å². The summed E-state index contributed by atoms with van der Waals surface area (Å²) in [4.78, 5) is 12.2. The summed E-state index contributed by atoms with van der Waals surface area (Å²) in [7, 11) is 3.58. The first-order chi connectivity index (χ1) is 7.18. The number of nitrogens with zero attached hydrogens (tertiary/aromatic N) is 1. The second-order valence-corrected chi connectivity index (χ2v) is 3.14. The molecule has 0 aromatic carbocycles. The Morgan fingerprint density at radius 3 is 2.40 bits per heavy atom. The molecule has 1 amide bonds. The van der Waals surface area contributed by atoms with Crippen LogP contribution in [0.2, 0.25) is 0 Å². The van der Waals surface area contributed by atoms with E-state index in [1.54, 1.807) is 7.05 Å². The Balaban J connectivity index is 3.08. The van der Waals surface area contributed by atoms with Crippen LogP contribution in [-0.4, -0.2) is 64.4 Å². The zero-order valence-electron chi connectivity index (χ0n) is 9.62. The van der Waals surface area contributed by atoms with Crippen molar-refractivity contribution in [2.75, 3.05) is 53.6 Å². The van der Waals surface area contributed by atoms with Crippen LogP contribution in [0.15, 0.2) is 0 Å². The zero-order chi connectivity index (χ0) is 11.5. The summed E-state index contributed by atoms with van der Waals surface area (Å²) in [5, 5.41) is 2.98. The molecule has 0 bridgehead atoms. The topological polar surface area (TPSA) is 50.8 Å². The molecule has 0 spiro atoms. The van der Waals surface area contributed by atoms with E-state index in [1.165, 1.54) is 4.90 Å². The molecule has 0 fully saturated rings. The normalized spacial score (nSPS) is 10.3. The lowest BCUT2D eigenvalue weighted by Gasteiger charge is -2.14. The van der Waals surface area contributed by atoms with Crippen LogP contribution in [-0.2, 0) is 14.3 Å². The van der Waals surface area contributed by atoms with Gasteiger partial charge in [0.15, 0.2) is 0 Å². The minimum atomic E-state index is -0.191. The molecule has 0 aliphatic carbocycles. The molecule has 0 aromatic rings. The summed E-state index contributed by atoms with van der Waals surface area (Å²) in [5.74, 6) is -0.191. The summed E-state index contributed by atoms with van der Waals surface area (Å²) < 4.78 is 10.5. The van der Waals surface area contributed by atoms with Gasteiger partial charge in [0.25, 0.3) is 0 Å². The predicted molar refractivity (Wildman–Crippen MR) is 58.6 cm³/mol. The van der Waals surface area contributed by atoms with E-state index >= 15 is 0 Å². The quantitative estimate of drug-likeness (QED) is 0.531. The van der Waals surface area contributed by atoms with Crippen molar-refractivity contribution in [2.45, 2.75) is 0 Å². The smallest absolute Gasteiger partial charge is 0.222 e. The van der Waals surface area contributed by atoms with E-state index in [0.29, 0.717) is 33.0 Å². The van der Waals surface area contributed by atoms with Gasteiger partial charge in [-0.05, 0) is 7.05 Å². The lowest BCUT2D eigenvalue weighted by atomic mass is 10.5. The van der Waals surface area contributed by atoms with Crippen LogP contribution in [0.25, 0.3) is 0 Å². The van der Waals surface area contributed by atoms with Gasteiger partial charge in [0.1, 0.15) is 0 Å². The van der Waals surface area contributed by atoms with Crippen molar-refractivity contribution in [3.63, 3.8) is 0 Å². The SMILES string of the molecule is [CH2]C(=O)N(C)CCOCCOCCNC. The fourth-order valence-corrected chi connectivity index (χ4v) is 0.822. The monoisotopic (exact) mass is 217 g/mol. The number of rotatable bonds is 9. The van der Waals surface area contributed by atoms with Crippen molar-refractivity contribution < 1.29 is 14.3 Å². The third kappa shape index (κ3) is 9.65. The first kappa shape index (κ1) is 14.3. The minimum Gasteiger partial charge on any atom is -0.378 e. The molecular weight excluding hydrogens is 196 g/mol. The fourth-order valence-electron chi connectivity index (χ4n) is 0.822. The van der Waals surface area contributed by atoms with Gasteiger partial charge in [-0.15, -0.1) is 0 Å². The van der Waals surface area contributed by atoms with E-state index in [9.17, 15) is 4.79 Å². The molecule has 0 unspecified atom stereocenters. The lowest BCUT2D eigenvalue weighted by Crippen LogP contribution is -2.28. The largest absolute Gasteiger partial charge is 0.378 e. The summed E-state index contributed by atoms with van der Waals surface area (Å²) in [6.45, 7) is 7.06. The summed E-state index contributed by atoms with van der Waals surface area (Å²) >= 11 is 0. The highest BCUT2D eigenvalue weighted by molar-refractivity contribution is 5.79. The van der Waals surface area contributed by atoms with Crippen LogP contribution in [0, 0.1) is 6.92 Å². The molecule has 1 N–H and O–H groups in total. The van der Waals surface area contributed by atoms with E-state index in [1.807, 2.05) is 7.05 Å². The zero-order valence-corrected chi connectivity index (χ0v) is 9.62. The van der Waals surface area contributed by atoms with Crippen LogP contribution in [0.5, 0.6) is 0 Å². The highest BCUT2D eigenvalue weighted by Crippen LogP contribution is 1.84. The van der Waals surface area contributed by atoms with Crippen LogP contribution < -0.4 is 5.32 Å². The van der Waals surface area contributed by atoms with Gasteiger partial charge in [-0.25, -0.2) is 0 Å². The molecule has 15 heavy (non-hydrogen) atoms.